The number of aryl methyl sites for hydroxylation is 1. The molecule has 72 valence electrons. The summed E-state index contributed by atoms with van der Waals surface area (Å²) in [5.74, 6) is 0.229. The first-order valence-corrected chi connectivity index (χ1v) is 4.80. The highest BCUT2D eigenvalue weighted by molar-refractivity contribution is 9.10. The van der Waals surface area contributed by atoms with Crippen LogP contribution in [0, 0.1) is 6.92 Å². The van der Waals surface area contributed by atoms with E-state index >= 15 is 0 Å². The van der Waals surface area contributed by atoms with E-state index in [0.717, 1.165) is 10.0 Å². The average molecular weight is 245 g/mol. The number of hydrogen-bond donors (Lipinski definition) is 3. The second kappa shape index (κ2) is 4.09. The van der Waals surface area contributed by atoms with Crippen LogP contribution in [0.25, 0.3) is 0 Å². The third-order valence-corrected chi connectivity index (χ3v) is 2.68. The Kier molecular flexibility index (Phi) is 3.30. The highest BCUT2D eigenvalue weighted by atomic mass is 79.9. The van der Waals surface area contributed by atoms with Crippen molar-refractivity contribution < 1.29 is 5.11 Å². The predicted molar refractivity (Wildman–Crippen MR) is 56.5 cm³/mol. The second-order valence-corrected chi connectivity index (χ2v) is 3.82. The molecule has 1 atom stereocenters. The number of rotatable bonds is 2. The highest BCUT2D eigenvalue weighted by Crippen LogP contribution is 2.32. The van der Waals surface area contributed by atoms with E-state index in [0.29, 0.717) is 12.1 Å². The lowest BCUT2D eigenvalue weighted by atomic mass is 10.0. The van der Waals surface area contributed by atoms with E-state index in [1.54, 1.807) is 0 Å². The maximum atomic E-state index is 9.71. The van der Waals surface area contributed by atoms with Crippen molar-refractivity contribution in [3.05, 3.63) is 27.7 Å². The van der Waals surface area contributed by atoms with Gasteiger partial charge in [0, 0.05) is 22.6 Å². The Bertz CT molecular complexity index is 315. The Labute approximate surface area is 85.9 Å². The molecule has 1 rings (SSSR count). The molecule has 1 aromatic carbocycles. The number of benzene rings is 1. The molecule has 0 heterocycles. The summed E-state index contributed by atoms with van der Waals surface area (Å²) in [7, 11) is 0. The van der Waals surface area contributed by atoms with Crippen LogP contribution < -0.4 is 11.5 Å². The number of halogens is 1. The van der Waals surface area contributed by atoms with Gasteiger partial charge in [-0.25, -0.2) is 0 Å². The molecule has 1 aromatic rings. The van der Waals surface area contributed by atoms with E-state index in [1.165, 1.54) is 0 Å². The summed E-state index contributed by atoms with van der Waals surface area (Å²) in [6.45, 7) is 2.14. The van der Waals surface area contributed by atoms with Crippen LogP contribution in [0.1, 0.15) is 17.2 Å². The molecule has 0 saturated carbocycles. The number of nitrogens with two attached hydrogens (primary N) is 2. The summed E-state index contributed by atoms with van der Waals surface area (Å²) in [5.41, 5.74) is 12.7. The molecule has 0 radical (unpaired) electrons. The average Bonchev–Trinajstić information content (AvgIpc) is 2.12. The third kappa shape index (κ3) is 2.02. The minimum absolute atomic E-state index is 0.229. The largest absolute Gasteiger partial charge is 0.507 e. The van der Waals surface area contributed by atoms with Crippen molar-refractivity contribution in [2.45, 2.75) is 13.0 Å². The first-order chi connectivity index (χ1) is 6.07. The van der Waals surface area contributed by atoms with Gasteiger partial charge >= 0.3 is 0 Å². The van der Waals surface area contributed by atoms with Gasteiger partial charge in [0.25, 0.3) is 0 Å². The number of hydrogen-bond acceptors (Lipinski definition) is 3. The van der Waals surface area contributed by atoms with Crippen molar-refractivity contribution in [1.82, 2.24) is 0 Å². The van der Waals surface area contributed by atoms with Gasteiger partial charge in [0.05, 0.1) is 0 Å². The molecule has 0 aliphatic rings. The van der Waals surface area contributed by atoms with Crippen LogP contribution in [0.2, 0.25) is 0 Å². The SMILES string of the molecule is Cc1ccc(Br)c(C(N)CN)c1O. The summed E-state index contributed by atoms with van der Waals surface area (Å²) < 4.78 is 0.800. The summed E-state index contributed by atoms with van der Waals surface area (Å²) in [4.78, 5) is 0. The standard InChI is InChI=1S/C9H13BrN2O/c1-5-2-3-6(10)8(9(5)13)7(12)4-11/h2-3,7,13H,4,11-12H2,1H3. The molecule has 3 nitrogen and oxygen atoms in total. The van der Waals surface area contributed by atoms with Gasteiger partial charge in [0.1, 0.15) is 5.75 Å². The first-order valence-electron chi connectivity index (χ1n) is 4.01. The van der Waals surface area contributed by atoms with Crippen LogP contribution in [-0.4, -0.2) is 11.7 Å². The van der Waals surface area contributed by atoms with Crippen molar-refractivity contribution in [3.63, 3.8) is 0 Å². The molecule has 5 N–H and O–H groups in total. The molecular weight excluding hydrogens is 232 g/mol. The molecule has 0 spiro atoms. The molecule has 13 heavy (non-hydrogen) atoms. The Morgan fingerprint density at radius 3 is 2.69 bits per heavy atom. The van der Waals surface area contributed by atoms with Crippen LogP contribution in [0.4, 0.5) is 0 Å². The molecule has 0 saturated heterocycles. The summed E-state index contributed by atoms with van der Waals surface area (Å²) >= 11 is 3.33. The second-order valence-electron chi connectivity index (χ2n) is 2.97. The summed E-state index contributed by atoms with van der Waals surface area (Å²) in [5, 5.41) is 9.71. The zero-order chi connectivity index (χ0) is 10.0. The number of phenols is 1. The van der Waals surface area contributed by atoms with E-state index in [-0.39, 0.29) is 11.8 Å². The predicted octanol–water partition coefficient (Wildman–Crippen LogP) is 1.42. The zero-order valence-electron chi connectivity index (χ0n) is 7.42. The van der Waals surface area contributed by atoms with Crippen LogP contribution in [0.15, 0.2) is 16.6 Å². The lowest BCUT2D eigenvalue weighted by molar-refractivity contribution is 0.457. The van der Waals surface area contributed by atoms with Gasteiger partial charge in [-0.3, -0.25) is 0 Å². The van der Waals surface area contributed by atoms with E-state index in [2.05, 4.69) is 15.9 Å². The number of phenolic OH excluding ortho intramolecular Hbond substituents is 1. The Morgan fingerprint density at radius 2 is 2.15 bits per heavy atom. The van der Waals surface area contributed by atoms with Crippen molar-refractivity contribution in [1.29, 1.82) is 0 Å². The van der Waals surface area contributed by atoms with Crippen LogP contribution in [-0.2, 0) is 0 Å². The molecule has 0 fully saturated rings. The Hall–Kier alpha value is -0.580. The van der Waals surface area contributed by atoms with Gasteiger partial charge in [-0.05, 0) is 18.6 Å². The molecular formula is C9H13BrN2O. The third-order valence-electron chi connectivity index (χ3n) is 1.99. The van der Waals surface area contributed by atoms with E-state index in [4.69, 9.17) is 11.5 Å². The van der Waals surface area contributed by atoms with E-state index in [9.17, 15) is 5.11 Å². The highest BCUT2D eigenvalue weighted by Gasteiger charge is 2.14. The van der Waals surface area contributed by atoms with Gasteiger partial charge < -0.3 is 16.6 Å². The summed E-state index contributed by atoms with van der Waals surface area (Å²) in [6.07, 6.45) is 0. The van der Waals surface area contributed by atoms with Crippen LogP contribution in [0.5, 0.6) is 5.75 Å². The smallest absolute Gasteiger partial charge is 0.124 e. The van der Waals surface area contributed by atoms with Gasteiger partial charge in [0.2, 0.25) is 0 Å². The molecule has 0 bridgehead atoms. The van der Waals surface area contributed by atoms with Gasteiger partial charge in [-0.1, -0.05) is 22.0 Å². The fourth-order valence-corrected chi connectivity index (χ4v) is 1.78. The Balaban J connectivity index is 3.25. The zero-order valence-corrected chi connectivity index (χ0v) is 9.01. The minimum Gasteiger partial charge on any atom is -0.507 e. The molecule has 1 unspecified atom stereocenters. The lowest BCUT2D eigenvalue weighted by Gasteiger charge is -2.14. The minimum atomic E-state index is -0.325. The normalized spacial score (nSPS) is 12.9. The maximum absolute atomic E-state index is 9.71. The van der Waals surface area contributed by atoms with Crippen molar-refractivity contribution in [3.8, 4) is 5.75 Å². The quantitative estimate of drug-likeness (QED) is 0.737. The molecule has 0 amide bonds. The van der Waals surface area contributed by atoms with Gasteiger partial charge in [0.15, 0.2) is 0 Å². The molecule has 0 aromatic heterocycles. The van der Waals surface area contributed by atoms with E-state index in [1.807, 2.05) is 19.1 Å². The fraction of sp³-hybridized carbons (Fsp3) is 0.333. The van der Waals surface area contributed by atoms with Crippen LogP contribution in [0.3, 0.4) is 0 Å². The summed E-state index contributed by atoms with van der Waals surface area (Å²) in [6, 6.07) is 3.36. The van der Waals surface area contributed by atoms with Gasteiger partial charge in [-0.15, -0.1) is 0 Å². The van der Waals surface area contributed by atoms with Crippen molar-refractivity contribution >= 4 is 15.9 Å². The molecule has 0 aliphatic heterocycles. The lowest BCUT2D eigenvalue weighted by Crippen LogP contribution is -2.21. The first kappa shape index (κ1) is 10.5. The molecule has 0 aliphatic carbocycles. The van der Waals surface area contributed by atoms with Crippen LogP contribution >= 0.6 is 15.9 Å². The van der Waals surface area contributed by atoms with Crippen molar-refractivity contribution in [2.75, 3.05) is 6.54 Å². The number of aromatic hydroxyl groups is 1. The Morgan fingerprint density at radius 1 is 1.54 bits per heavy atom. The van der Waals surface area contributed by atoms with E-state index < -0.39 is 0 Å². The maximum Gasteiger partial charge on any atom is 0.124 e. The topological polar surface area (TPSA) is 72.3 Å². The van der Waals surface area contributed by atoms with Crippen molar-refractivity contribution in [2.24, 2.45) is 11.5 Å². The fourth-order valence-electron chi connectivity index (χ4n) is 1.16. The monoisotopic (exact) mass is 244 g/mol. The van der Waals surface area contributed by atoms with Gasteiger partial charge in [-0.2, -0.15) is 0 Å². The molecule has 4 heteroatoms.